The summed E-state index contributed by atoms with van der Waals surface area (Å²) in [5.74, 6) is 0. The maximum atomic E-state index is 5.55. The lowest BCUT2D eigenvalue weighted by Crippen LogP contribution is -2.59. The molecule has 12 aromatic carbocycles. The summed E-state index contributed by atoms with van der Waals surface area (Å²) in [5, 5.41) is 4.96. The lowest BCUT2D eigenvalue weighted by Gasteiger charge is -2.34. The van der Waals surface area contributed by atoms with Crippen LogP contribution in [-0.2, 0) is 0 Å². The summed E-state index contributed by atoms with van der Waals surface area (Å²) in [6.07, 6.45) is 0. The van der Waals surface area contributed by atoms with Gasteiger partial charge in [-0.25, -0.2) is 4.98 Å². The highest BCUT2D eigenvalue weighted by Crippen LogP contribution is 2.48. The van der Waals surface area contributed by atoms with Gasteiger partial charge in [0.2, 0.25) is 0 Å². The first-order valence-electron chi connectivity index (χ1n) is 28.0. The molecule has 15 aromatic rings. The van der Waals surface area contributed by atoms with Crippen LogP contribution in [0.3, 0.4) is 0 Å². The molecule has 4 heteroatoms. The van der Waals surface area contributed by atoms with Crippen molar-refractivity contribution in [2.45, 2.75) is 0 Å². The molecule has 17 rings (SSSR count). The summed E-state index contributed by atoms with van der Waals surface area (Å²) < 4.78 is 5.29. The Morgan fingerprint density at radius 3 is 0.975 bits per heavy atom. The molecule has 0 saturated carbocycles. The molecule has 374 valence electrons. The summed E-state index contributed by atoms with van der Waals surface area (Å²) in [4.78, 5) is 5.55. The maximum Gasteiger partial charge on any atom is 0.252 e. The van der Waals surface area contributed by atoms with Gasteiger partial charge in [-0.15, -0.1) is 0 Å². The number of hydrogen-bond acceptors (Lipinski definition) is 1. The molecule has 3 nitrogen and oxygen atoms in total. The monoisotopic (exact) mass is 1030 g/mol. The minimum atomic E-state index is -0.152. The van der Waals surface area contributed by atoms with E-state index in [2.05, 4.69) is 300 Å². The predicted octanol–water partition coefficient (Wildman–Crippen LogP) is 17.8. The van der Waals surface area contributed by atoms with Gasteiger partial charge in [-0.05, 0) is 144 Å². The van der Waals surface area contributed by atoms with Crippen LogP contribution in [0.15, 0.2) is 291 Å². The van der Waals surface area contributed by atoms with Crippen LogP contribution in [0.2, 0.25) is 0 Å². The molecule has 3 aromatic heterocycles. The zero-order chi connectivity index (χ0) is 53.1. The van der Waals surface area contributed by atoms with Crippen molar-refractivity contribution in [2.75, 3.05) is 0 Å². The van der Waals surface area contributed by atoms with Crippen LogP contribution in [0.1, 0.15) is 0 Å². The van der Waals surface area contributed by atoms with Gasteiger partial charge < -0.3 is 9.13 Å². The lowest BCUT2D eigenvalue weighted by atomic mass is 9.34. The van der Waals surface area contributed by atoms with Gasteiger partial charge in [0.15, 0.2) is 0 Å². The Bertz CT molecular complexity index is 4720. The second kappa shape index (κ2) is 18.0. The summed E-state index contributed by atoms with van der Waals surface area (Å²) in [6, 6.07) is 108. The topological polar surface area (TPSA) is 22.8 Å². The third kappa shape index (κ3) is 7.07. The van der Waals surface area contributed by atoms with Crippen molar-refractivity contribution in [1.82, 2.24) is 14.1 Å². The van der Waals surface area contributed by atoms with E-state index in [1.165, 1.54) is 127 Å². The number of hydrogen-bond donors (Lipinski definition) is 0. The van der Waals surface area contributed by atoms with Gasteiger partial charge in [0.1, 0.15) is 0 Å². The van der Waals surface area contributed by atoms with Crippen LogP contribution in [0.4, 0.5) is 0 Å². The summed E-state index contributed by atoms with van der Waals surface area (Å²) >= 11 is 0. The molecule has 5 heterocycles. The average Bonchev–Trinajstić information content (AvgIpc) is 2.11. The van der Waals surface area contributed by atoms with E-state index in [0.29, 0.717) is 0 Å². The third-order valence-corrected chi connectivity index (χ3v) is 17.2. The van der Waals surface area contributed by atoms with Crippen molar-refractivity contribution >= 4 is 66.7 Å². The number of pyridine rings is 1. The number of fused-ring (bicyclic) bond motifs is 10. The molecule has 81 heavy (non-hydrogen) atoms. The minimum absolute atomic E-state index is 0.152. The van der Waals surface area contributed by atoms with Crippen LogP contribution in [0.5, 0.6) is 0 Å². The molecule has 2 aliphatic heterocycles. The predicted molar refractivity (Wildman–Crippen MR) is 341 cm³/mol. The number of aromatic nitrogens is 3. The molecule has 0 radical (unpaired) electrons. The van der Waals surface area contributed by atoms with E-state index in [9.17, 15) is 0 Å². The van der Waals surface area contributed by atoms with Gasteiger partial charge in [-0.2, -0.15) is 0 Å². The fourth-order valence-electron chi connectivity index (χ4n) is 13.7. The highest BCUT2D eigenvalue weighted by Gasteiger charge is 2.43. The highest BCUT2D eigenvalue weighted by molar-refractivity contribution is 7.00. The van der Waals surface area contributed by atoms with Gasteiger partial charge in [0, 0.05) is 55.1 Å². The van der Waals surface area contributed by atoms with Gasteiger partial charge in [0.25, 0.3) is 6.71 Å². The van der Waals surface area contributed by atoms with E-state index < -0.39 is 0 Å². The molecule has 0 amide bonds. The molecular formula is C77H48BN3. The van der Waals surface area contributed by atoms with E-state index in [4.69, 9.17) is 4.98 Å². The Labute approximate surface area is 470 Å². The van der Waals surface area contributed by atoms with E-state index in [0.717, 1.165) is 33.9 Å². The smallest absolute Gasteiger partial charge is 0.252 e. The Morgan fingerprint density at radius 1 is 0.259 bits per heavy atom. The van der Waals surface area contributed by atoms with Gasteiger partial charge in [0.05, 0.1) is 22.4 Å². The van der Waals surface area contributed by atoms with E-state index in [1.54, 1.807) is 0 Å². The fraction of sp³-hybridized carbons (Fsp3) is 0. The summed E-state index contributed by atoms with van der Waals surface area (Å²) in [7, 11) is 0. The highest BCUT2D eigenvalue weighted by atomic mass is 15.0. The van der Waals surface area contributed by atoms with Crippen LogP contribution in [0.25, 0.3) is 144 Å². The van der Waals surface area contributed by atoms with Crippen LogP contribution >= 0.6 is 0 Å². The van der Waals surface area contributed by atoms with Crippen LogP contribution in [0, 0.1) is 0 Å². The molecule has 0 saturated heterocycles. The van der Waals surface area contributed by atoms with Gasteiger partial charge in [-0.3, -0.25) is 0 Å². The van der Waals surface area contributed by atoms with Crippen molar-refractivity contribution in [1.29, 1.82) is 0 Å². The number of nitrogens with zero attached hydrogens (tertiary/aromatic N) is 3. The molecule has 2 aliphatic rings. The third-order valence-electron chi connectivity index (χ3n) is 17.2. The fourth-order valence-corrected chi connectivity index (χ4v) is 13.7. The first-order valence-corrected chi connectivity index (χ1v) is 28.0. The van der Waals surface area contributed by atoms with Gasteiger partial charge >= 0.3 is 0 Å². The van der Waals surface area contributed by atoms with Crippen molar-refractivity contribution in [3.63, 3.8) is 0 Å². The maximum absolute atomic E-state index is 5.55. The Kier molecular flexibility index (Phi) is 10.1. The molecule has 0 N–H and O–H groups in total. The standard InChI is InChI=1S/C77H48BN3/c1-8-23-49(24-9-1)56-41-63-73-61(53-31-16-5-17-32-53)39-58(51-27-12-3-13-28-51)45-69(73)80-71-47-60(68-38-22-37-67(79-68)55-35-20-7-21-36-55)48-72-75(71)78(65(43-56)76(63)80)66-44-57(50-25-10-2-11-26-50)42-64-74-62(54-33-18-6-19-34-54)40-59(52-29-14-4-15-30-52)46-70(74)81(72)77(64)66/h1-48H. The molecule has 0 atom stereocenters. The molecule has 0 spiro atoms. The summed E-state index contributed by atoms with van der Waals surface area (Å²) in [5.41, 5.74) is 29.3. The SMILES string of the molecule is c1ccc(-c2cc3c4c(c2)c2c(-c5ccccc5)cc(-c5ccccc5)cc2n4-c2cc(-c4cccc(-c5ccccc5)n4)cc4c2B3c2cc(-c3ccccc3)cc3c5c(-c6ccccc6)cc(-c6ccccc6)cc5n-4c23)cc1. The number of rotatable bonds is 8. The second-order valence-corrected chi connectivity index (χ2v) is 21.8. The van der Waals surface area contributed by atoms with Crippen LogP contribution in [-0.4, -0.2) is 20.8 Å². The molecule has 0 bridgehead atoms. The molecule has 0 unspecified atom stereocenters. The molecule has 0 aliphatic carbocycles. The van der Waals surface area contributed by atoms with E-state index in [-0.39, 0.29) is 6.71 Å². The summed E-state index contributed by atoms with van der Waals surface area (Å²) in [6.45, 7) is -0.152. The normalized spacial score (nSPS) is 12.2. The van der Waals surface area contributed by atoms with Crippen molar-refractivity contribution in [3.8, 4) is 101 Å². The van der Waals surface area contributed by atoms with Crippen molar-refractivity contribution < 1.29 is 0 Å². The van der Waals surface area contributed by atoms with E-state index >= 15 is 0 Å². The second-order valence-electron chi connectivity index (χ2n) is 21.8. The minimum Gasteiger partial charge on any atom is -0.310 e. The van der Waals surface area contributed by atoms with Gasteiger partial charge in [-0.1, -0.05) is 231 Å². The zero-order valence-electron chi connectivity index (χ0n) is 44.1. The Hall–Kier alpha value is -10.5. The largest absolute Gasteiger partial charge is 0.310 e. The van der Waals surface area contributed by atoms with Crippen molar-refractivity contribution in [2.24, 2.45) is 0 Å². The first-order chi connectivity index (χ1) is 40.2. The zero-order valence-corrected chi connectivity index (χ0v) is 44.1. The first kappa shape index (κ1) is 45.5. The number of benzene rings is 12. The average molecular weight is 1030 g/mol. The van der Waals surface area contributed by atoms with Crippen molar-refractivity contribution in [3.05, 3.63) is 291 Å². The Morgan fingerprint density at radius 2 is 0.593 bits per heavy atom. The van der Waals surface area contributed by atoms with E-state index in [1.807, 2.05) is 0 Å². The lowest BCUT2D eigenvalue weighted by molar-refractivity contribution is 1.14. The van der Waals surface area contributed by atoms with Crippen LogP contribution < -0.4 is 16.4 Å². The molecule has 0 fully saturated rings. The molecular weight excluding hydrogens is 978 g/mol. The quantitative estimate of drug-likeness (QED) is 0.139. The Balaban J connectivity index is 1.09.